The number of nitrogens with zero attached hydrogens (tertiary/aromatic N) is 6. The third-order valence-corrected chi connectivity index (χ3v) is 7.10. The Hall–Kier alpha value is -4.56. The second-order valence-corrected chi connectivity index (χ2v) is 9.90. The van der Waals surface area contributed by atoms with E-state index in [-0.39, 0.29) is 35.9 Å². The number of hydrogen-bond donors (Lipinski definition) is 1. The van der Waals surface area contributed by atoms with Crippen LogP contribution in [0.1, 0.15) is 45.5 Å². The van der Waals surface area contributed by atoms with Crippen molar-refractivity contribution in [3.63, 3.8) is 0 Å². The van der Waals surface area contributed by atoms with Crippen LogP contribution in [0.3, 0.4) is 0 Å². The van der Waals surface area contributed by atoms with Gasteiger partial charge in [0.2, 0.25) is 5.95 Å². The maximum atomic E-state index is 15.5. The number of hydrogen-bond acceptors (Lipinski definition) is 5. The molecule has 2 aromatic carbocycles. The number of halogens is 8. The Balaban J connectivity index is 1.58. The van der Waals surface area contributed by atoms with E-state index in [4.69, 9.17) is 0 Å². The van der Waals surface area contributed by atoms with E-state index in [1.54, 1.807) is 31.3 Å². The molecule has 42 heavy (non-hydrogen) atoms. The Morgan fingerprint density at radius 2 is 1.57 bits per heavy atom. The van der Waals surface area contributed by atoms with E-state index in [0.717, 1.165) is 4.90 Å². The van der Waals surface area contributed by atoms with E-state index in [9.17, 15) is 30.7 Å². The van der Waals surface area contributed by atoms with E-state index < -0.39 is 47.4 Å². The normalized spacial score (nSPS) is 15.9. The topological polar surface area (TPSA) is 75.5 Å². The zero-order valence-electron chi connectivity index (χ0n) is 21.7. The molecule has 1 aliphatic heterocycles. The van der Waals surface area contributed by atoms with Crippen LogP contribution in [-0.2, 0) is 18.8 Å². The van der Waals surface area contributed by atoms with Crippen LogP contribution >= 0.6 is 0 Å². The van der Waals surface area contributed by atoms with Crippen LogP contribution in [0, 0.1) is 25.5 Å². The first-order valence-electron chi connectivity index (χ1n) is 12.5. The molecule has 1 N–H and O–H groups in total. The number of fused-ring (bicyclic) bond motifs is 3. The summed E-state index contributed by atoms with van der Waals surface area (Å²) in [5.41, 5.74) is -1.32. The Morgan fingerprint density at radius 3 is 2.19 bits per heavy atom. The molecule has 0 bridgehead atoms. The van der Waals surface area contributed by atoms with Gasteiger partial charge >= 0.3 is 12.4 Å². The van der Waals surface area contributed by atoms with Gasteiger partial charge in [0.1, 0.15) is 6.04 Å². The molecule has 7 nitrogen and oxygen atoms in total. The number of nitrogens with one attached hydrogen (secondary N) is 1. The van der Waals surface area contributed by atoms with Crippen LogP contribution in [0.2, 0.25) is 0 Å². The summed E-state index contributed by atoms with van der Waals surface area (Å²) < 4.78 is 112. The molecule has 0 saturated carbocycles. The summed E-state index contributed by atoms with van der Waals surface area (Å²) in [6.07, 6.45) is -8.79. The summed E-state index contributed by atoms with van der Waals surface area (Å²) >= 11 is 0. The van der Waals surface area contributed by atoms with Crippen molar-refractivity contribution in [3.8, 4) is 5.69 Å². The molecule has 0 aliphatic carbocycles. The first-order chi connectivity index (χ1) is 19.7. The lowest BCUT2D eigenvalue weighted by atomic mass is 9.91. The van der Waals surface area contributed by atoms with E-state index in [2.05, 4.69) is 25.1 Å². The summed E-state index contributed by atoms with van der Waals surface area (Å²) in [5, 5.41) is 9.11. The highest BCUT2D eigenvalue weighted by Crippen LogP contribution is 2.43. The number of alkyl halides is 6. The fraction of sp³-hybridized carbons (Fsp3) is 0.259. The highest BCUT2D eigenvalue weighted by Gasteiger charge is 2.42. The standard InChI is InChI=1S/C27H19F8N7/c1-12-3-5-16(22(29)21(12)28)24-23-15(17-9-14(4-6-18(17)37-23)42-36-11-13(2)40-42)7-8-41(24)25-38-19(26(30,31)32)10-20(39-25)27(33,34)35/h3-6,9-11,24,37H,7-8H2,1-2H3/t24-/m0/s1. The molecule has 3 aromatic heterocycles. The van der Waals surface area contributed by atoms with Crippen molar-refractivity contribution < 1.29 is 35.1 Å². The SMILES string of the molecule is Cc1cnn(-c2ccc3[nH]c4c(c3c2)CCN(c2nc(C(F)(F)F)cc(C(F)(F)F)n2)[C@H]4c2ccc(C)c(F)c2F)n1. The maximum absolute atomic E-state index is 15.5. The van der Waals surface area contributed by atoms with Crippen molar-refractivity contribution in [1.29, 1.82) is 0 Å². The van der Waals surface area contributed by atoms with Crippen LogP contribution in [0.25, 0.3) is 16.6 Å². The fourth-order valence-corrected chi connectivity index (χ4v) is 5.13. The maximum Gasteiger partial charge on any atom is 0.433 e. The zero-order valence-corrected chi connectivity index (χ0v) is 21.7. The Labute approximate surface area is 231 Å². The van der Waals surface area contributed by atoms with Gasteiger partial charge in [0.25, 0.3) is 0 Å². The number of anilines is 1. The van der Waals surface area contributed by atoms with E-state index in [1.807, 2.05) is 0 Å². The molecule has 218 valence electrons. The van der Waals surface area contributed by atoms with E-state index in [1.165, 1.54) is 23.9 Å². The van der Waals surface area contributed by atoms with Gasteiger partial charge in [-0.05, 0) is 55.7 Å². The van der Waals surface area contributed by atoms with Gasteiger partial charge in [-0.2, -0.15) is 41.3 Å². The first kappa shape index (κ1) is 27.6. The predicted octanol–water partition coefficient (Wildman–Crippen LogP) is 6.62. The molecule has 0 amide bonds. The minimum Gasteiger partial charge on any atom is -0.356 e. The summed E-state index contributed by atoms with van der Waals surface area (Å²) in [5.74, 6) is -3.42. The van der Waals surface area contributed by atoms with Gasteiger partial charge in [-0.1, -0.05) is 12.1 Å². The van der Waals surface area contributed by atoms with Gasteiger partial charge in [0, 0.05) is 28.7 Å². The minimum absolute atomic E-state index is 0.0307. The number of H-pyrrole nitrogens is 1. The number of aryl methyl sites for hydroxylation is 2. The first-order valence-corrected chi connectivity index (χ1v) is 12.5. The van der Waals surface area contributed by atoms with Gasteiger partial charge in [0.05, 0.1) is 17.6 Å². The monoisotopic (exact) mass is 593 g/mol. The lowest BCUT2D eigenvalue weighted by molar-refractivity contribution is -0.147. The number of aromatic nitrogens is 6. The Morgan fingerprint density at radius 1 is 0.881 bits per heavy atom. The van der Waals surface area contributed by atoms with Gasteiger partial charge in [-0.25, -0.2) is 18.7 Å². The molecule has 5 aromatic rings. The number of rotatable bonds is 3. The summed E-state index contributed by atoms with van der Waals surface area (Å²) in [4.78, 5) is 12.4. The number of aromatic amines is 1. The highest BCUT2D eigenvalue weighted by molar-refractivity contribution is 5.87. The van der Waals surface area contributed by atoms with Crippen LogP contribution in [-0.4, -0.2) is 36.5 Å². The third-order valence-electron chi connectivity index (χ3n) is 7.10. The van der Waals surface area contributed by atoms with Gasteiger partial charge in [-0.15, -0.1) is 0 Å². The van der Waals surface area contributed by atoms with Crippen molar-refractivity contribution in [2.75, 3.05) is 11.4 Å². The summed E-state index contributed by atoms with van der Waals surface area (Å²) in [7, 11) is 0. The fourth-order valence-electron chi connectivity index (χ4n) is 5.13. The molecule has 0 radical (unpaired) electrons. The highest BCUT2D eigenvalue weighted by atomic mass is 19.4. The molecule has 1 aliphatic rings. The molecule has 15 heteroatoms. The Bertz CT molecular complexity index is 1800. The average molecular weight is 593 g/mol. The second-order valence-electron chi connectivity index (χ2n) is 9.90. The third kappa shape index (κ3) is 4.61. The second kappa shape index (κ2) is 9.49. The Kier molecular flexibility index (Phi) is 6.24. The molecule has 1 atom stereocenters. The quantitative estimate of drug-likeness (QED) is 0.238. The lowest BCUT2D eigenvalue weighted by Crippen LogP contribution is -2.38. The smallest absolute Gasteiger partial charge is 0.356 e. The van der Waals surface area contributed by atoms with Crippen molar-refractivity contribution in [2.24, 2.45) is 0 Å². The van der Waals surface area contributed by atoms with Crippen molar-refractivity contribution in [1.82, 2.24) is 29.9 Å². The molecule has 0 fully saturated rings. The molecule has 0 spiro atoms. The van der Waals surface area contributed by atoms with E-state index >= 15 is 4.39 Å². The molecular formula is C27H19F8N7. The largest absolute Gasteiger partial charge is 0.433 e. The molecule has 0 unspecified atom stereocenters. The van der Waals surface area contributed by atoms with Crippen molar-refractivity contribution in [3.05, 3.63) is 93.7 Å². The van der Waals surface area contributed by atoms with Crippen molar-refractivity contribution in [2.45, 2.75) is 38.7 Å². The van der Waals surface area contributed by atoms with Crippen LogP contribution in [0.5, 0.6) is 0 Å². The molecule has 4 heterocycles. The van der Waals surface area contributed by atoms with Crippen LogP contribution < -0.4 is 4.90 Å². The summed E-state index contributed by atoms with van der Waals surface area (Å²) in [6.45, 7) is 2.88. The number of benzene rings is 2. The molecule has 0 saturated heterocycles. The average Bonchev–Trinajstić information content (AvgIpc) is 3.53. The predicted molar refractivity (Wildman–Crippen MR) is 134 cm³/mol. The summed E-state index contributed by atoms with van der Waals surface area (Å²) in [6, 6.07) is 6.09. The zero-order chi connectivity index (χ0) is 30.1. The van der Waals surface area contributed by atoms with Gasteiger partial charge < -0.3 is 9.88 Å². The van der Waals surface area contributed by atoms with Crippen LogP contribution in [0.15, 0.2) is 42.6 Å². The minimum atomic E-state index is -5.23. The van der Waals surface area contributed by atoms with E-state index in [0.29, 0.717) is 27.8 Å². The van der Waals surface area contributed by atoms with Gasteiger partial charge in [0.15, 0.2) is 23.0 Å². The van der Waals surface area contributed by atoms with Crippen molar-refractivity contribution >= 4 is 16.9 Å². The van der Waals surface area contributed by atoms with Gasteiger partial charge in [-0.3, -0.25) is 0 Å². The lowest BCUT2D eigenvalue weighted by Gasteiger charge is -2.37. The molecule has 6 rings (SSSR count). The van der Waals surface area contributed by atoms with Crippen LogP contribution in [0.4, 0.5) is 41.1 Å². The molecular weight excluding hydrogens is 574 g/mol.